The minimum atomic E-state index is -0.493. The number of carbonyl (C=O) groups excluding carboxylic acids is 3. The summed E-state index contributed by atoms with van der Waals surface area (Å²) in [5.74, 6) is -0.171. The molecule has 2 heterocycles. The first-order chi connectivity index (χ1) is 13.0. The number of nitrogens with zero attached hydrogens (tertiary/aromatic N) is 2. The number of rotatable bonds is 4. The standard InChI is InChI=1S/C19H24N4O4/c1-3-20-19(26)21-17(24)13(2)22-8-10-23(11-9-22)18(25)16-12-14-6-4-5-7-15(14)27-16/h4-7,12-13H,3,8-11H2,1-2H3,(H2,20,21,24,26). The van der Waals surface area contributed by atoms with Gasteiger partial charge in [0.05, 0.1) is 6.04 Å². The normalized spacial score (nSPS) is 16.1. The van der Waals surface area contributed by atoms with Crippen LogP contribution in [0.1, 0.15) is 24.4 Å². The number of para-hydroxylation sites is 1. The predicted molar refractivity (Wildman–Crippen MR) is 100 cm³/mol. The topological polar surface area (TPSA) is 94.9 Å². The molecule has 3 rings (SSSR count). The number of nitrogens with one attached hydrogen (secondary N) is 2. The maximum Gasteiger partial charge on any atom is 0.321 e. The lowest BCUT2D eigenvalue weighted by Gasteiger charge is -2.36. The molecule has 2 aromatic rings. The largest absolute Gasteiger partial charge is 0.451 e. The average molecular weight is 372 g/mol. The van der Waals surface area contributed by atoms with Crippen LogP contribution in [0.4, 0.5) is 4.79 Å². The summed E-state index contributed by atoms with van der Waals surface area (Å²) >= 11 is 0. The second-order valence-corrected chi connectivity index (χ2v) is 6.50. The average Bonchev–Trinajstić information content (AvgIpc) is 3.11. The summed E-state index contributed by atoms with van der Waals surface area (Å²) in [5.41, 5.74) is 0.690. The van der Waals surface area contributed by atoms with E-state index in [4.69, 9.17) is 4.42 Å². The highest BCUT2D eigenvalue weighted by Crippen LogP contribution is 2.20. The van der Waals surface area contributed by atoms with Crippen molar-refractivity contribution in [2.24, 2.45) is 0 Å². The van der Waals surface area contributed by atoms with Gasteiger partial charge in [-0.05, 0) is 26.0 Å². The Balaban J connectivity index is 1.55. The molecule has 0 bridgehead atoms. The van der Waals surface area contributed by atoms with Gasteiger partial charge in [0.1, 0.15) is 5.58 Å². The van der Waals surface area contributed by atoms with E-state index >= 15 is 0 Å². The summed E-state index contributed by atoms with van der Waals surface area (Å²) in [4.78, 5) is 40.0. The van der Waals surface area contributed by atoms with Gasteiger partial charge in [-0.15, -0.1) is 0 Å². The fourth-order valence-corrected chi connectivity index (χ4v) is 3.14. The van der Waals surface area contributed by atoms with Crippen molar-refractivity contribution in [3.63, 3.8) is 0 Å². The van der Waals surface area contributed by atoms with E-state index in [0.717, 1.165) is 5.39 Å². The molecule has 2 N–H and O–H groups in total. The van der Waals surface area contributed by atoms with Crippen molar-refractivity contribution in [2.45, 2.75) is 19.9 Å². The maximum atomic E-state index is 12.7. The monoisotopic (exact) mass is 372 g/mol. The molecular formula is C19H24N4O4. The van der Waals surface area contributed by atoms with Gasteiger partial charge in [0.15, 0.2) is 5.76 Å². The van der Waals surface area contributed by atoms with Crippen molar-refractivity contribution >= 4 is 28.8 Å². The van der Waals surface area contributed by atoms with Crippen molar-refractivity contribution < 1.29 is 18.8 Å². The van der Waals surface area contributed by atoms with Crippen LogP contribution in [0.3, 0.4) is 0 Å². The molecule has 1 fully saturated rings. The number of benzene rings is 1. The van der Waals surface area contributed by atoms with Gasteiger partial charge < -0.3 is 14.6 Å². The molecule has 4 amide bonds. The summed E-state index contributed by atoms with van der Waals surface area (Å²) in [6.45, 7) is 6.09. The third-order valence-corrected chi connectivity index (χ3v) is 4.74. The summed E-state index contributed by atoms with van der Waals surface area (Å²) in [7, 11) is 0. The van der Waals surface area contributed by atoms with Gasteiger partial charge in [0.25, 0.3) is 5.91 Å². The van der Waals surface area contributed by atoms with Crippen LogP contribution in [0.5, 0.6) is 0 Å². The van der Waals surface area contributed by atoms with Crippen molar-refractivity contribution in [1.29, 1.82) is 0 Å². The summed E-state index contributed by atoms with van der Waals surface area (Å²) < 4.78 is 5.65. The Labute approximate surface area is 157 Å². The van der Waals surface area contributed by atoms with Crippen molar-refractivity contribution in [1.82, 2.24) is 20.4 Å². The first-order valence-corrected chi connectivity index (χ1v) is 9.10. The van der Waals surface area contributed by atoms with Crippen LogP contribution in [0.2, 0.25) is 0 Å². The first kappa shape index (κ1) is 18.9. The first-order valence-electron chi connectivity index (χ1n) is 9.10. The molecule has 1 atom stereocenters. The molecule has 0 radical (unpaired) electrons. The Morgan fingerprint density at radius 3 is 2.52 bits per heavy atom. The molecule has 1 saturated heterocycles. The zero-order valence-electron chi connectivity index (χ0n) is 15.5. The fourth-order valence-electron chi connectivity index (χ4n) is 3.14. The van der Waals surface area contributed by atoms with Gasteiger partial charge in [-0.1, -0.05) is 18.2 Å². The molecule has 27 heavy (non-hydrogen) atoms. The quantitative estimate of drug-likeness (QED) is 0.847. The Bertz CT molecular complexity index is 806. The highest BCUT2D eigenvalue weighted by Gasteiger charge is 2.29. The predicted octanol–water partition coefficient (Wildman–Crippen LogP) is 1.42. The highest BCUT2D eigenvalue weighted by atomic mass is 16.3. The molecule has 1 aliphatic heterocycles. The zero-order chi connectivity index (χ0) is 19.4. The highest BCUT2D eigenvalue weighted by molar-refractivity contribution is 5.97. The molecule has 1 aromatic heterocycles. The molecule has 0 saturated carbocycles. The molecule has 1 aromatic carbocycles. The van der Waals surface area contributed by atoms with Crippen LogP contribution < -0.4 is 10.6 Å². The lowest BCUT2D eigenvalue weighted by atomic mass is 10.2. The molecular weight excluding hydrogens is 348 g/mol. The second kappa shape index (κ2) is 8.22. The number of urea groups is 1. The van der Waals surface area contributed by atoms with Crippen molar-refractivity contribution in [3.8, 4) is 0 Å². The van der Waals surface area contributed by atoms with Crippen LogP contribution in [-0.2, 0) is 4.79 Å². The Morgan fingerprint density at radius 1 is 1.15 bits per heavy atom. The SMILES string of the molecule is CCNC(=O)NC(=O)C(C)N1CCN(C(=O)c2cc3ccccc3o2)CC1. The van der Waals surface area contributed by atoms with Crippen molar-refractivity contribution in [2.75, 3.05) is 32.7 Å². The van der Waals surface area contributed by atoms with Gasteiger partial charge >= 0.3 is 6.03 Å². The number of imide groups is 1. The van der Waals surface area contributed by atoms with E-state index in [0.29, 0.717) is 44.1 Å². The Morgan fingerprint density at radius 2 is 1.85 bits per heavy atom. The molecule has 8 nitrogen and oxygen atoms in total. The maximum absolute atomic E-state index is 12.7. The van der Waals surface area contributed by atoms with E-state index in [1.54, 1.807) is 24.8 Å². The zero-order valence-corrected chi connectivity index (χ0v) is 15.5. The van der Waals surface area contributed by atoms with Crippen LogP contribution >= 0.6 is 0 Å². The number of piperazine rings is 1. The van der Waals surface area contributed by atoms with Gasteiger partial charge in [-0.2, -0.15) is 0 Å². The Kier molecular flexibility index (Phi) is 5.75. The molecule has 144 valence electrons. The number of furan rings is 1. The van der Waals surface area contributed by atoms with Crippen molar-refractivity contribution in [3.05, 3.63) is 36.1 Å². The number of hydrogen-bond acceptors (Lipinski definition) is 5. The van der Waals surface area contributed by atoms with Gasteiger partial charge in [-0.3, -0.25) is 19.8 Å². The number of amides is 4. The van der Waals surface area contributed by atoms with Gasteiger partial charge in [-0.25, -0.2) is 4.79 Å². The molecule has 0 spiro atoms. The molecule has 0 aliphatic carbocycles. The van der Waals surface area contributed by atoms with E-state index < -0.39 is 12.1 Å². The smallest absolute Gasteiger partial charge is 0.321 e. The molecule has 1 aliphatic rings. The number of hydrogen-bond donors (Lipinski definition) is 2. The minimum absolute atomic E-state index is 0.148. The van der Waals surface area contributed by atoms with Crippen LogP contribution in [-0.4, -0.2) is 66.4 Å². The minimum Gasteiger partial charge on any atom is -0.451 e. The van der Waals surface area contributed by atoms with E-state index in [1.807, 2.05) is 29.2 Å². The van der Waals surface area contributed by atoms with Gasteiger partial charge in [0, 0.05) is 38.1 Å². The summed E-state index contributed by atoms with van der Waals surface area (Å²) in [6.07, 6.45) is 0. The summed E-state index contributed by atoms with van der Waals surface area (Å²) in [6, 6.07) is 8.32. The Hall–Kier alpha value is -2.87. The van der Waals surface area contributed by atoms with E-state index in [2.05, 4.69) is 10.6 Å². The number of fused-ring (bicyclic) bond motifs is 1. The van der Waals surface area contributed by atoms with E-state index in [1.165, 1.54) is 0 Å². The lowest BCUT2D eigenvalue weighted by molar-refractivity contribution is -0.125. The molecule has 8 heteroatoms. The van der Waals surface area contributed by atoms with Crippen LogP contribution in [0.15, 0.2) is 34.7 Å². The summed E-state index contributed by atoms with van der Waals surface area (Å²) in [5, 5.41) is 5.76. The van der Waals surface area contributed by atoms with Crippen LogP contribution in [0.25, 0.3) is 11.0 Å². The second-order valence-electron chi connectivity index (χ2n) is 6.50. The van der Waals surface area contributed by atoms with E-state index in [9.17, 15) is 14.4 Å². The molecule has 1 unspecified atom stereocenters. The lowest BCUT2D eigenvalue weighted by Crippen LogP contribution is -2.56. The van der Waals surface area contributed by atoms with E-state index in [-0.39, 0.29) is 11.8 Å². The number of carbonyl (C=O) groups is 3. The van der Waals surface area contributed by atoms with Crippen LogP contribution in [0, 0.1) is 0 Å². The fraction of sp³-hybridized carbons (Fsp3) is 0.421. The third-order valence-electron chi connectivity index (χ3n) is 4.74. The third kappa shape index (κ3) is 4.28. The van der Waals surface area contributed by atoms with Gasteiger partial charge in [0.2, 0.25) is 5.91 Å².